The summed E-state index contributed by atoms with van der Waals surface area (Å²) in [5, 5.41) is 7.38. The highest BCUT2D eigenvalue weighted by Gasteiger charge is 2.24. The number of benzene rings is 4. The molecule has 0 aliphatic rings. The molecule has 0 aliphatic carbocycles. The van der Waals surface area contributed by atoms with Crippen molar-refractivity contribution in [2.45, 2.75) is 19.9 Å². The normalized spacial score (nSPS) is 12.3. The summed E-state index contributed by atoms with van der Waals surface area (Å²) in [6.07, 6.45) is 0. The fraction of sp³-hybridized carbons (Fsp3) is 0.167. The molecule has 0 saturated carbocycles. The molecule has 1 atom stereocenters. The summed E-state index contributed by atoms with van der Waals surface area (Å²) in [6, 6.07) is 36.5. The van der Waals surface area contributed by atoms with Crippen molar-refractivity contribution in [1.82, 2.24) is 10.3 Å². The van der Waals surface area contributed by atoms with E-state index < -0.39 is 0 Å². The van der Waals surface area contributed by atoms with Gasteiger partial charge in [-0.05, 0) is 28.8 Å². The van der Waals surface area contributed by atoms with E-state index in [-0.39, 0.29) is 6.04 Å². The standard InChI is InChI=1S/C30H28N2S/c1-21(2)20-31-27(23-13-5-3-6-14-23)29-28(32-30(33-29)24-15-7-4-8-16-24)26-19-11-17-22-12-9-10-18-25(22)26/h3-19,21,27,31H,20H2,1-2H3. The van der Waals surface area contributed by atoms with Crippen LogP contribution in [0.4, 0.5) is 0 Å². The van der Waals surface area contributed by atoms with Gasteiger partial charge in [-0.25, -0.2) is 4.98 Å². The van der Waals surface area contributed by atoms with Gasteiger partial charge >= 0.3 is 0 Å². The summed E-state index contributed by atoms with van der Waals surface area (Å²) < 4.78 is 0. The van der Waals surface area contributed by atoms with Crippen molar-refractivity contribution in [1.29, 1.82) is 0 Å². The van der Waals surface area contributed by atoms with Crippen LogP contribution in [0.15, 0.2) is 103 Å². The van der Waals surface area contributed by atoms with E-state index in [2.05, 4.69) is 122 Å². The van der Waals surface area contributed by atoms with Crippen molar-refractivity contribution in [2.24, 2.45) is 5.92 Å². The minimum absolute atomic E-state index is 0.0810. The SMILES string of the molecule is CC(C)CNC(c1ccccc1)c1sc(-c2ccccc2)nc1-c1cccc2ccccc12. The molecule has 0 bridgehead atoms. The molecular weight excluding hydrogens is 420 g/mol. The first-order valence-electron chi connectivity index (χ1n) is 11.5. The quantitative estimate of drug-likeness (QED) is 0.273. The maximum atomic E-state index is 5.25. The van der Waals surface area contributed by atoms with Crippen LogP contribution in [0, 0.1) is 5.92 Å². The maximum Gasteiger partial charge on any atom is 0.124 e. The first-order chi connectivity index (χ1) is 16.2. The average Bonchev–Trinajstić information content (AvgIpc) is 3.30. The van der Waals surface area contributed by atoms with Gasteiger partial charge in [-0.3, -0.25) is 0 Å². The summed E-state index contributed by atoms with van der Waals surface area (Å²) in [7, 11) is 0. The molecule has 0 fully saturated rings. The second-order valence-electron chi connectivity index (χ2n) is 8.77. The van der Waals surface area contributed by atoms with Crippen LogP contribution in [0.25, 0.3) is 32.6 Å². The van der Waals surface area contributed by atoms with Crippen molar-refractivity contribution in [3.63, 3.8) is 0 Å². The highest BCUT2D eigenvalue weighted by Crippen LogP contribution is 2.41. The van der Waals surface area contributed by atoms with Crippen LogP contribution < -0.4 is 5.32 Å². The Morgan fingerprint density at radius 2 is 1.42 bits per heavy atom. The van der Waals surface area contributed by atoms with Gasteiger partial charge in [-0.15, -0.1) is 11.3 Å². The number of aromatic nitrogens is 1. The molecule has 0 spiro atoms. The lowest BCUT2D eigenvalue weighted by molar-refractivity contribution is 0.517. The monoisotopic (exact) mass is 448 g/mol. The number of rotatable bonds is 7. The van der Waals surface area contributed by atoms with Crippen molar-refractivity contribution in [3.8, 4) is 21.8 Å². The van der Waals surface area contributed by atoms with Crippen LogP contribution in [0.3, 0.4) is 0 Å². The van der Waals surface area contributed by atoms with E-state index in [1.165, 1.54) is 26.8 Å². The van der Waals surface area contributed by atoms with Gasteiger partial charge in [0, 0.05) is 11.1 Å². The van der Waals surface area contributed by atoms with Gasteiger partial charge in [-0.2, -0.15) is 0 Å². The molecule has 5 rings (SSSR count). The number of fused-ring (bicyclic) bond motifs is 1. The second kappa shape index (κ2) is 9.70. The van der Waals surface area contributed by atoms with Crippen LogP contribution in [-0.4, -0.2) is 11.5 Å². The lowest BCUT2D eigenvalue weighted by atomic mass is 9.97. The number of hydrogen-bond acceptors (Lipinski definition) is 3. The predicted molar refractivity (Wildman–Crippen MR) is 142 cm³/mol. The Morgan fingerprint density at radius 3 is 2.18 bits per heavy atom. The Hall–Kier alpha value is -3.27. The lowest BCUT2D eigenvalue weighted by Crippen LogP contribution is -2.26. The van der Waals surface area contributed by atoms with E-state index in [1.54, 1.807) is 11.3 Å². The van der Waals surface area contributed by atoms with Crippen molar-refractivity contribution in [2.75, 3.05) is 6.54 Å². The van der Waals surface area contributed by atoms with Crippen LogP contribution >= 0.6 is 11.3 Å². The lowest BCUT2D eigenvalue weighted by Gasteiger charge is -2.21. The Balaban J connectivity index is 1.73. The molecule has 33 heavy (non-hydrogen) atoms. The first-order valence-corrected chi connectivity index (χ1v) is 12.3. The second-order valence-corrected chi connectivity index (χ2v) is 9.80. The topological polar surface area (TPSA) is 24.9 Å². The number of nitrogens with one attached hydrogen (secondary N) is 1. The minimum atomic E-state index is 0.0810. The summed E-state index contributed by atoms with van der Waals surface area (Å²) >= 11 is 1.80. The Labute approximate surface area is 200 Å². The van der Waals surface area contributed by atoms with E-state index in [4.69, 9.17) is 4.98 Å². The average molecular weight is 449 g/mol. The van der Waals surface area contributed by atoms with Gasteiger partial charge in [0.05, 0.1) is 16.6 Å². The molecular formula is C30H28N2S. The summed E-state index contributed by atoms with van der Waals surface area (Å²) in [5.41, 5.74) is 4.68. The molecule has 1 N–H and O–H groups in total. The molecule has 2 nitrogen and oxygen atoms in total. The number of nitrogens with zero attached hydrogens (tertiary/aromatic N) is 1. The molecule has 1 aromatic heterocycles. The molecule has 0 amide bonds. The van der Waals surface area contributed by atoms with Crippen LogP contribution in [0.5, 0.6) is 0 Å². The van der Waals surface area contributed by atoms with E-state index >= 15 is 0 Å². The van der Waals surface area contributed by atoms with Crippen molar-refractivity contribution in [3.05, 3.63) is 114 Å². The van der Waals surface area contributed by atoms with Crippen molar-refractivity contribution >= 4 is 22.1 Å². The van der Waals surface area contributed by atoms with Gasteiger partial charge in [-0.1, -0.05) is 117 Å². The van der Waals surface area contributed by atoms with Crippen LogP contribution in [0.2, 0.25) is 0 Å². The fourth-order valence-corrected chi connectivity index (χ4v) is 5.41. The van der Waals surface area contributed by atoms with Crippen molar-refractivity contribution < 1.29 is 0 Å². The Kier molecular flexibility index (Phi) is 6.34. The minimum Gasteiger partial charge on any atom is -0.305 e. The highest BCUT2D eigenvalue weighted by molar-refractivity contribution is 7.15. The zero-order valence-corrected chi connectivity index (χ0v) is 19.8. The first kappa shape index (κ1) is 21.6. The Bertz CT molecular complexity index is 1330. The third-order valence-electron chi connectivity index (χ3n) is 5.84. The van der Waals surface area contributed by atoms with Crippen LogP contribution in [-0.2, 0) is 0 Å². The Morgan fingerprint density at radius 1 is 0.758 bits per heavy atom. The van der Waals surface area contributed by atoms with Crippen LogP contribution in [0.1, 0.15) is 30.3 Å². The van der Waals surface area contributed by atoms with Gasteiger partial charge in [0.1, 0.15) is 5.01 Å². The molecule has 4 aromatic carbocycles. The zero-order valence-electron chi connectivity index (χ0n) is 19.0. The zero-order chi connectivity index (χ0) is 22.6. The van der Waals surface area contributed by atoms with Gasteiger partial charge in [0.2, 0.25) is 0 Å². The molecule has 0 radical (unpaired) electrons. The maximum absolute atomic E-state index is 5.25. The predicted octanol–water partition coefficient (Wildman–Crippen LogP) is 7.97. The smallest absolute Gasteiger partial charge is 0.124 e. The summed E-state index contributed by atoms with van der Waals surface area (Å²) in [6.45, 7) is 5.44. The van der Waals surface area contributed by atoms with Gasteiger partial charge in [0.15, 0.2) is 0 Å². The molecule has 1 unspecified atom stereocenters. The summed E-state index contributed by atoms with van der Waals surface area (Å²) in [5.74, 6) is 0.554. The highest BCUT2D eigenvalue weighted by atomic mass is 32.1. The molecule has 0 aliphatic heterocycles. The van der Waals surface area contributed by atoms with E-state index in [0.717, 1.165) is 22.8 Å². The number of thiazole rings is 1. The van der Waals surface area contributed by atoms with Gasteiger partial charge < -0.3 is 5.32 Å². The fourth-order valence-electron chi connectivity index (χ4n) is 4.22. The number of hydrogen-bond donors (Lipinski definition) is 1. The molecule has 164 valence electrons. The molecule has 1 heterocycles. The third-order valence-corrected chi connectivity index (χ3v) is 7.01. The molecule has 3 heteroatoms. The van der Waals surface area contributed by atoms with E-state index in [0.29, 0.717) is 5.92 Å². The molecule has 5 aromatic rings. The van der Waals surface area contributed by atoms with E-state index in [9.17, 15) is 0 Å². The van der Waals surface area contributed by atoms with E-state index in [1.807, 2.05) is 0 Å². The van der Waals surface area contributed by atoms with Gasteiger partial charge in [0.25, 0.3) is 0 Å². The summed E-state index contributed by atoms with van der Waals surface area (Å²) in [4.78, 5) is 6.51. The molecule has 0 saturated heterocycles. The third kappa shape index (κ3) is 4.61. The largest absolute Gasteiger partial charge is 0.305 e.